The maximum atomic E-state index is 13.1. The Labute approximate surface area is 140 Å². The third-order valence-corrected chi connectivity index (χ3v) is 4.31. The molecule has 0 N–H and O–H groups in total. The molecule has 0 radical (unpaired) electrons. The SMILES string of the molecule is CCOC[C@H]1CCN(Cc2cn(-c3ccc(F)cc3Cl)nn2)C1. The minimum absolute atomic E-state index is 0.319. The zero-order valence-electron chi connectivity index (χ0n) is 13.1. The summed E-state index contributed by atoms with van der Waals surface area (Å²) in [6, 6.07) is 4.24. The molecule has 1 aromatic heterocycles. The molecule has 2 aromatic rings. The van der Waals surface area contributed by atoms with Gasteiger partial charge in [0.2, 0.25) is 0 Å². The minimum Gasteiger partial charge on any atom is -0.381 e. The monoisotopic (exact) mass is 338 g/mol. The summed E-state index contributed by atoms with van der Waals surface area (Å²) in [5.74, 6) is 0.230. The van der Waals surface area contributed by atoms with E-state index in [9.17, 15) is 4.39 Å². The van der Waals surface area contributed by atoms with Crippen molar-refractivity contribution >= 4 is 11.6 Å². The van der Waals surface area contributed by atoms with Crippen LogP contribution in [0.4, 0.5) is 4.39 Å². The fourth-order valence-corrected chi connectivity index (χ4v) is 3.12. The maximum Gasteiger partial charge on any atom is 0.124 e. The number of nitrogens with zero attached hydrogens (tertiary/aromatic N) is 4. The summed E-state index contributed by atoms with van der Waals surface area (Å²) >= 11 is 6.06. The Kier molecular flexibility index (Phi) is 5.25. The number of hydrogen-bond donors (Lipinski definition) is 0. The Balaban J connectivity index is 1.62. The highest BCUT2D eigenvalue weighted by molar-refractivity contribution is 6.32. The van der Waals surface area contributed by atoms with Crippen LogP contribution in [0.25, 0.3) is 5.69 Å². The summed E-state index contributed by atoms with van der Waals surface area (Å²) in [5, 5.41) is 8.61. The number of hydrogen-bond acceptors (Lipinski definition) is 4. The molecule has 7 heteroatoms. The zero-order chi connectivity index (χ0) is 16.2. The van der Waals surface area contributed by atoms with Crippen LogP contribution >= 0.6 is 11.6 Å². The van der Waals surface area contributed by atoms with Gasteiger partial charge in [0.15, 0.2) is 0 Å². The molecule has 1 aromatic carbocycles. The van der Waals surface area contributed by atoms with Gasteiger partial charge in [0, 0.05) is 19.7 Å². The van der Waals surface area contributed by atoms with Crippen LogP contribution in [0.5, 0.6) is 0 Å². The second-order valence-corrected chi connectivity index (χ2v) is 6.21. The molecule has 1 atom stereocenters. The number of benzene rings is 1. The first-order chi connectivity index (χ1) is 11.2. The van der Waals surface area contributed by atoms with Crippen molar-refractivity contribution in [2.75, 3.05) is 26.3 Å². The van der Waals surface area contributed by atoms with Gasteiger partial charge in [-0.05, 0) is 44.0 Å². The lowest BCUT2D eigenvalue weighted by Crippen LogP contribution is -2.21. The topological polar surface area (TPSA) is 43.2 Å². The van der Waals surface area contributed by atoms with Crippen LogP contribution in [-0.2, 0) is 11.3 Å². The van der Waals surface area contributed by atoms with Crippen LogP contribution in [-0.4, -0.2) is 46.2 Å². The number of ether oxygens (including phenoxy) is 1. The second kappa shape index (κ2) is 7.38. The fraction of sp³-hybridized carbons (Fsp3) is 0.500. The lowest BCUT2D eigenvalue weighted by atomic mass is 10.1. The van der Waals surface area contributed by atoms with Gasteiger partial charge in [0.1, 0.15) is 5.82 Å². The van der Waals surface area contributed by atoms with Crippen LogP contribution in [0.3, 0.4) is 0 Å². The van der Waals surface area contributed by atoms with Crippen molar-refractivity contribution in [2.24, 2.45) is 5.92 Å². The summed E-state index contributed by atoms with van der Waals surface area (Å²) < 4.78 is 20.2. The molecule has 0 aliphatic carbocycles. The standard InChI is InChI=1S/C16H20ClFN4O/c1-2-23-11-12-5-6-21(8-12)9-14-10-22(20-19-14)16-4-3-13(18)7-15(16)17/h3-4,7,10,12H,2,5-6,8-9,11H2,1H3/t12-/m0/s1. The van der Waals surface area contributed by atoms with E-state index >= 15 is 0 Å². The second-order valence-electron chi connectivity index (χ2n) is 5.80. The molecule has 0 spiro atoms. The van der Waals surface area contributed by atoms with Gasteiger partial charge in [-0.1, -0.05) is 16.8 Å². The van der Waals surface area contributed by atoms with Gasteiger partial charge < -0.3 is 4.74 Å². The fourth-order valence-electron chi connectivity index (χ4n) is 2.86. The summed E-state index contributed by atoms with van der Waals surface area (Å²) in [7, 11) is 0. The van der Waals surface area contributed by atoms with E-state index in [0.29, 0.717) is 16.6 Å². The van der Waals surface area contributed by atoms with Crippen LogP contribution in [0, 0.1) is 11.7 Å². The predicted octanol–water partition coefficient (Wildman–Crippen LogP) is 2.92. The maximum absolute atomic E-state index is 13.1. The van der Waals surface area contributed by atoms with E-state index in [2.05, 4.69) is 15.2 Å². The normalized spacial score (nSPS) is 18.7. The number of rotatable bonds is 6. The Bertz CT molecular complexity index is 663. The van der Waals surface area contributed by atoms with Crippen molar-refractivity contribution in [3.05, 3.63) is 40.9 Å². The van der Waals surface area contributed by atoms with Crippen molar-refractivity contribution < 1.29 is 9.13 Å². The van der Waals surface area contributed by atoms with Crippen LogP contribution in [0.2, 0.25) is 5.02 Å². The van der Waals surface area contributed by atoms with Crippen molar-refractivity contribution in [1.29, 1.82) is 0 Å². The quantitative estimate of drug-likeness (QED) is 0.812. The van der Waals surface area contributed by atoms with E-state index in [1.165, 1.54) is 12.1 Å². The summed E-state index contributed by atoms with van der Waals surface area (Å²) in [6.45, 7) is 6.42. The van der Waals surface area contributed by atoms with E-state index in [4.69, 9.17) is 16.3 Å². The summed E-state index contributed by atoms with van der Waals surface area (Å²) in [4.78, 5) is 2.35. The first-order valence-corrected chi connectivity index (χ1v) is 8.20. The molecule has 1 fully saturated rings. The third kappa shape index (κ3) is 4.07. The van der Waals surface area contributed by atoms with Gasteiger partial charge in [0.05, 0.1) is 29.2 Å². The third-order valence-electron chi connectivity index (χ3n) is 4.01. The first-order valence-electron chi connectivity index (χ1n) is 7.82. The van der Waals surface area contributed by atoms with Crippen molar-refractivity contribution in [2.45, 2.75) is 19.9 Å². The van der Waals surface area contributed by atoms with Crippen LogP contribution in [0.1, 0.15) is 19.0 Å². The lowest BCUT2D eigenvalue weighted by Gasteiger charge is -2.14. The molecule has 3 rings (SSSR count). The lowest BCUT2D eigenvalue weighted by molar-refractivity contribution is 0.111. The summed E-state index contributed by atoms with van der Waals surface area (Å²) in [5.41, 5.74) is 1.50. The number of halogens is 2. The van der Waals surface area contributed by atoms with Gasteiger partial charge in [-0.3, -0.25) is 4.90 Å². The average molecular weight is 339 g/mol. The Morgan fingerprint density at radius 2 is 2.30 bits per heavy atom. The first kappa shape index (κ1) is 16.4. The molecule has 0 saturated carbocycles. The highest BCUT2D eigenvalue weighted by Crippen LogP contribution is 2.22. The van der Waals surface area contributed by atoms with Crippen LogP contribution in [0.15, 0.2) is 24.4 Å². The molecule has 2 heterocycles. The van der Waals surface area contributed by atoms with Gasteiger partial charge in [-0.2, -0.15) is 0 Å². The molecule has 1 saturated heterocycles. The molecular weight excluding hydrogens is 319 g/mol. The van der Waals surface area contributed by atoms with Gasteiger partial charge in [-0.25, -0.2) is 9.07 Å². The molecule has 1 aliphatic rings. The Morgan fingerprint density at radius 1 is 1.43 bits per heavy atom. The van der Waals surface area contributed by atoms with E-state index in [-0.39, 0.29) is 5.82 Å². The molecule has 0 unspecified atom stereocenters. The largest absolute Gasteiger partial charge is 0.381 e. The van der Waals surface area contributed by atoms with Gasteiger partial charge >= 0.3 is 0 Å². The highest BCUT2D eigenvalue weighted by Gasteiger charge is 2.23. The van der Waals surface area contributed by atoms with Crippen LogP contribution < -0.4 is 0 Å². The molecule has 5 nitrogen and oxygen atoms in total. The minimum atomic E-state index is -0.364. The van der Waals surface area contributed by atoms with E-state index in [0.717, 1.165) is 45.0 Å². The van der Waals surface area contributed by atoms with E-state index in [1.54, 1.807) is 10.7 Å². The van der Waals surface area contributed by atoms with E-state index in [1.807, 2.05) is 13.1 Å². The average Bonchev–Trinajstić information content (AvgIpc) is 3.15. The van der Waals surface area contributed by atoms with Crippen molar-refractivity contribution in [3.63, 3.8) is 0 Å². The summed E-state index contributed by atoms with van der Waals surface area (Å²) in [6.07, 6.45) is 2.99. The molecule has 0 amide bonds. The van der Waals surface area contributed by atoms with Crippen molar-refractivity contribution in [3.8, 4) is 5.69 Å². The highest BCUT2D eigenvalue weighted by atomic mass is 35.5. The predicted molar refractivity (Wildman–Crippen MR) is 86.2 cm³/mol. The molecular formula is C16H20ClFN4O. The molecule has 124 valence electrons. The molecule has 23 heavy (non-hydrogen) atoms. The zero-order valence-corrected chi connectivity index (χ0v) is 13.8. The molecule has 1 aliphatic heterocycles. The number of likely N-dealkylation sites (tertiary alicyclic amines) is 1. The Hall–Kier alpha value is -1.50. The smallest absolute Gasteiger partial charge is 0.124 e. The van der Waals surface area contributed by atoms with Crippen molar-refractivity contribution in [1.82, 2.24) is 19.9 Å². The van der Waals surface area contributed by atoms with Gasteiger partial charge in [0.25, 0.3) is 0 Å². The Morgan fingerprint density at radius 3 is 3.09 bits per heavy atom. The number of aromatic nitrogens is 3. The molecule has 0 bridgehead atoms. The van der Waals surface area contributed by atoms with E-state index < -0.39 is 0 Å². The van der Waals surface area contributed by atoms with Gasteiger partial charge in [-0.15, -0.1) is 5.10 Å².